The Bertz CT molecular complexity index is 627. The molecular weight excluding hydrogens is 358 g/mol. The van der Waals surface area contributed by atoms with Gasteiger partial charge in [-0.25, -0.2) is 0 Å². The number of ether oxygens (including phenoxy) is 2. The molecule has 0 fully saturated rings. The summed E-state index contributed by atoms with van der Waals surface area (Å²) in [6.07, 6.45) is -0.562. The van der Waals surface area contributed by atoms with Gasteiger partial charge in [0.2, 0.25) is 0 Å². The van der Waals surface area contributed by atoms with E-state index < -0.39 is 16.9 Å². The van der Waals surface area contributed by atoms with E-state index in [4.69, 9.17) is 4.74 Å². The molecule has 1 aromatic heterocycles. The van der Waals surface area contributed by atoms with Crippen molar-refractivity contribution in [1.82, 2.24) is 0 Å². The molecule has 0 unspecified atom stereocenters. The van der Waals surface area contributed by atoms with Crippen molar-refractivity contribution in [1.29, 1.82) is 0 Å². The summed E-state index contributed by atoms with van der Waals surface area (Å²) in [5.74, 6) is -1.63. The number of carbonyl (C=O) groups is 3. The van der Waals surface area contributed by atoms with Crippen molar-refractivity contribution in [3.63, 3.8) is 0 Å². The van der Waals surface area contributed by atoms with Crippen molar-refractivity contribution in [2.24, 2.45) is 0 Å². The van der Waals surface area contributed by atoms with E-state index in [0.29, 0.717) is 4.21 Å². The van der Waals surface area contributed by atoms with E-state index in [2.05, 4.69) is 4.74 Å². The number of ketones is 1. The Labute approximate surface area is 146 Å². The third-order valence-corrected chi connectivity index (χ3v) is 5.01. The average Bonchev–Trinajstić information content (AvgIpc) is 2.88. The second-order valence-corrected chi connectivity index (χ2v) is 6.57. The number of thioether (sulfide) groups is 1. The molecule has 0 atom stereocenters. The van der Waals surface area contributed by atoms with E-state index in [9.17, 15) is 24.5 Å². The predicted octanol–water partition coefficient (Wildman–Crippen LogP) is 2.38. The van der Waals surface area contributed by atoms with Crippen LogP contribution >= 0.6 is 23.1 Å². The highest BCUT2D eigenvalue weighted by Crippen LogP contribution is 2.38. The maximum absolute atomic E-state index is 11.7. The van der Waals surface area contributed by atoms with Gasteiger partial charge < -0.3 is 9.47 Å². The first-order valence-corrected chi connectivity index (χ1v) is 8.96. The van der Waals surface area contributed by atoms with Gasteiger partial charge in [0.15, 0.2) is 5.78 Å². The smallest absolute Gasteiger partial charge is 0.313 e. The molecule has 132 valence electrons. The number of rotatable bonds is 10. The second-order valence-electron chi connectivity index (χ2n) is 4.45. The van der Waals surface area contributed by atoms with Crippen molar-refractivity contribution in [3.05, 3.63) is 21.1 Å². The zero-order chi connectivity index (χ0) is 18.1. The molecule has 0 aliphatic rings. The summed E-state index contributed by atoms with van der Waals surface area (Å²) in [4.78, 5) is 45.1. The molecule has 0 aliphatic carbocycles. The van der Waals surface area contributed by atoms with Crippen LogP contribution in [0.4, 0.5) is 5.69 Å². The lowest BCUT2D eigenvalue weighted by atomic mass is 10.2. The van der Waals surface area contributed by atoms with E-state index >= 15 is 0 Å². The molecule has 24 heavy (non-hydrogen) atoms. The number of hydrogen-bond donors (Lipinski definition) is 0. The topological polar surface area (TPSA) is 113 Å². The monoisotopic (exact) mass is 375 g/mol. The van der Waals surface area contributed by atoms with Crippen molar-refractivity contribution >= 4 is 46.5 Å². The highest BCUT2D eigenvalue weighted by molar-refractivity contribution is 8.01. The van der Waals surface area contributed by atoms with E-state index in [1.807, 2.05) is 0 Å². The Balaban J connectivity index is 2.73. The third kappa shape index (κ3) is 6.28. The molecule has 0 amide bonds. The molecule has 8 nitrogen and oxygen atoms in total. The normalized spacial score (nSPS) is 10.2. The van der Waals surface area contributed by atoms with Crippen molar-refractivity contribution in [3.8, 4) is 0 Å². The number of thiophene rings is 1. The Morgan fingerprint density at radius 3 is 2.42 bits per heavy atom. The summed E-state index contributed by atoms with van der Waals surface area (Å²) >= 11 is 2.05. The van der Waals surface area contributed by atoms with Gasteiger partial charge in [-0.15, -0.1) is 23.1 Å². The van der Waals surface area contributed by atoms with Crippen molar-refractivity contribution < 1.29 is 28.8 Å². The van der Waals surface area contributed by atoms with Crippen LogP contribution in [-0.4, -0.2) is 41.6 Å². The Morgan fingerprint density at radius 2 is 1.83 bits per heavy atom. The number of esters is 2. The molecule has 0 saturated carbocycles. The van der Waals surface area contributed by atoms with E-state index in [0.717, 1.165) is 23.1 Å². The molecular formula is C14H17NO7S2. The van der Waals surface area contributed by atoms with Gasteiger partial charge in [-0.05, 0) is 13.8 Å². The maximum atomic E-state index is 11.7. The third-order valence-electron chi connectivity index (χ3n) is 2.64. The molecule has 0 N–H and O–H groups in total. The number of carbonyl (C=O) groups excluding carboxylic acids is 3. The summed E-state index contributed by atoms with van der Waals surface area (Å²) in [6, 6.07) is 0. The van der Waals surface area contributed by atoms with Crippen LogP contribution < -0.4 is 0 Å². The fourth-order valence-corrected chi connectivity index (χ4v) is 3.82. The van der Waals surface area contributed by atoms with Crippen molar-refractivity contribution in [2.75, 3.05) is 19.0 Å². The minimum absolute atomic E-state index is 0.0843. The van der Waals surface area contributed by atoms with Gasteiger partial charge in [-0.3, -0.25) is 24.5 Å². The first-order chi connectivity index (χ1) is 11.4. The first kappa shape index (κ1) is 20.1. The lowest BCUT2D eigenvalue weighted by Gasteiger charge is -2.02. The number of nitro groups is 1. The molecule has 1 aromatic rings. The van der Waals surface area contributed by atoms with Gasteiger partial charge in [0.1, 0.15) is 10.6 Å². The zero-order valence-electron chi connectivity index (χ0n) is 13.2. The van der Waals surface area contributed by atoms with E-state index in [1.165, 1.54) is 5.38 Å². The number of nitrogens with zero attached hydrogens (tertiary/aromatic N) is 1. The second kappa shape index (κ2) is 10.0. The van der Waals surface area contributed by atoms with Crippen LogP contribution in [0.5, 0.6) is 0 Å². The summed E-state index contributed by atoms with van der Waals surface area (Å²) in [5.41, 5.74) is 0.0609. The van der Waals surface area contributed by atoms with Gasteiger partial charge in [0.25, 0.3) is 5.69 Å². The highest BCUT2D eigenvalue weighted by Gasteiger charge is 2.25. The Morgan fingerprint density at radius 1 is 1.21 bits per heavy atom. The molecule has 0 radical (unpaired) electrons. The summed E-state index contributed by atoms with van der Waals surface area (Å²) in [7, 11) is 0. The van der Waals surface area contributed by atoms with E-state index in [-0.39, 0.29) is 48.8 Å². The van der Waals surface area contributed by atoms with Crippen LogP contribution in [-0.2, 0) is 30.3 Å². The van der Waals surface area contributed by atoms with Crippen LogP contribution in [0.15, 0.2) is 9.59 Å². The van der Waals surface area contributed by atoms with Crippen LogP contribution in [0.1, 0.15) is 25.8 Å². The van der Waals surface area contributed by atoms with Crippen LogP contribution in [0.3, 0.4) is 0 Å². The molecule has 0 aromatic carbocycles. The molecule has 0 aliphatic heterocycles. The van der Waals surface area contributed by atoms with Gasteiger partial charge in [0.05, 0.1) is 35.9 Å². The maximum Gasteiger partial charge on any atom is 0.313 e. The van der Waals surface area contributed by atoms with Gasteiger partial charge in [0, 0.05) is 5.38 Å². The Hall–Kier alpha value is -1.94. The first-order valence-electron chi connectivity index (χ1n) is 7.09. The molecule has 0 saturated heterocycles. The highest BCUT2D eigenvalue weighted by atomic mass is 32.2. The lowest BCUT2D eigenvalue weighted by Crippen LogP contribution is -2.12. The standard InChI is InChI=1S/C14H17NO7S2/c1-3-21-11(17)5-9-7-23-14(13(9)15(19)20)24-8-10(16)6-12(18)22-4-2/h7H,3-6,8H2,1-2H3. The molecule has 0 bridgehead atoms. The lowest BCUT2D eigenvalue weighted by molar-refractivity contribution is -0.387. The molecule has 1 rings (SSSR count). The van der Waals surface area contributed by atoms with Crippen LogP contribution in [0, 0.1) is 10.1 Å². The number of Topliss-reactive ketones (excluding diaryl/α,β-unsaturated/α-hetero) is 1. The quantitative estimate of drug-likeness (QED) is 0.201. The Kier molecular flexibility index (Phi) is 8.41. The fourth-order valence-electron chi connectivity index (χ4n) is 1.72. The molecule has 0 spiro atoms. The predicted molar refractivity (Wildman–Crippen MR) is 88.3 cm³/mol. The van der Waals surface area contributed by atoms with Gasteiger partial charge >= 0.3 is 11.9 Å². The summed E-state index contributed by atoms with van der Waals surface area (Å²) in [5, 5.41) is 12.7. The number of hydrogen-bond acceptors (Lipinski definition) is 9. The van der Waals surface area contributed by atoms with Crippen molar-refractivity contribution in [2.45, 2.75) is 30.9 Å². The van der Waals surface area contributed by atoms with Gasteiger partial charge in [-0.1, -0.05) is 0 Å². The minimum atomic E-state index is -0.619. The minimum Gasteiger partial charge on any atom is -0.466 e. The molecule has 10 heteroatoms. The SMILES string of the molecule is CCOC(=O)CC(=O)CSc1scc(CC(=O)OCC)c1[N+](=O)[O-]. The average molecular weight is 375 g/mol. The summed E-state index contributed by atoms with van der Waals surface area (Å²) in [6.45, 7) is 3.67. The molecule has 1 heterocycles. The van der Waals surface area contributed by atoms with Gasteiger partial charge in [-0.2, -0.15) is 0 Å². The largest absolute Gasteiger partial charge is 0.466 e. The fraction of sp³-hybridized carbons (Fsp3) is 0.500. The van der Waals surface area contributed by atoms with Crippen LogP contribution in [0.2, 0.25) is 0 Å². The van der Waals surface area contributed by atoms with E-state index in [1.54, 1.807) is 13.8 Å². The van der Waals surface area contributed by atoms with Crippen LogP contribution in [0.25, 0.3) is 0 Å². The summed E-state index contributed by atoms with van der Waals surface area (Å²) < 4.78 is 9.77. The zero-order valence-corrected chi connectivity index (χ0v) is 14.9.